The molecule has 0 aliphatic carbocycles. The van der Waals surface area contributed by atoms with Gasteiger partial charge >= 0.3 is 0 Å². The molecule has 0 radical (unpaired) electrons. The zero-order chi connectivity index (χ0) is 19.4. The SMILES string of the molecule is COc1ccc(C(CNC(=O)Cn2c(C)nc3ccccc32)N(C)C)cc1. The number of amides is 1. The number of fused-ring (bicyclic) bond motifs is 1. The molecule has 0 saturated carbocycles. The van der Waals surface area contributed by atoms with Crippen LogP contribution in [0.2, 0.25) is 0 Å². The fourth-order valence-electron chi connectivity index (χ4n) is 3.23. The summed E-state index contributed by atoms with van der Waals surface area (Å²) >= 11 is 0. The van der Waals surface area contributed by atoms with E-state index in [2.05, 4.69) is 15.2 Å². The Hall–Kier alpha value is -2.86. The molecule has 0 bridgehead atoms. The van der Waals surface area contributed by atoms with Gasteiger partial charge in [0, 0.05) is 6.54 Å². The number of aromatic nitrogens is 2. The van der Waals surface area contributed by atoms with E-state index in [1.54, 1.807) is 7.11 Å². The summed E-state index contributed by atoms with van der Waals surface area (Å²) < 4.78 is 7.17. The average Bonchev–Trinajstić information content (AvgIpc) is 2.97. The Labute approximate surface area is 159 Å². The lowest BCUT2D eigenvalue weighted by Crippen LogP contribution is -2.36. The minimum absolute atomic E-state index is 0.0263. The molecular weight excluding hydrogens is 340 g/mol. The summed E-state index contributed by atoms with van der Waals surface area (Å²) in [7, 11) is 5.67. The van der Waals surface area contributed by atoms with Gasteiger partial charge in [0.25, 0.3) is 0 Å². The largest absolute Gasteiger partial charge is 0.497 e. The number of likely N-dealkylation sites (N-methyl/N-ethyl adjacent to an activating group) is 1. The van der Waals surface area contributed by atoms with Crippen molar-refractivity contribution in [3.63, 3.8) is 0 Å². The van der Waals surface area contributed by atoms with Crippen molar-refractivity contribution in [1.29, 1.82) is 0 Å². The van der Waals surface area contributed by atoms with E-state index in [4.69, 9.17) is 4.74 Å². The minimum atomic E-state index is -0.0263. The summed E-state index contributed by atoms with van der Waals surface area (Å²) in [5.74, 6) is 1.63. The van der Waals surface area contributed by atoms with Crippen LogP contribution in [-0.4, -0.2) is 48.1 Å². The number of nitrogens with one attached hydrogen (secondary N) is 1. The second-order valence-electron chi connectivity index (χ2n) is 6.79. The number of hydrogen-bond acceptors (Lipinski definition) is 4. The van der Waals surface area contributed by atoms with Crippen molar-refractivity contribution < 1.29 is 9.53 Å². The third kappa shape index (κ3) is 4.28. The third-order valence-electron chi connectivity index (χ3n) is 4.76. The van der Waals surface area contributed by atoms with Crippen molar-refractivity contribution in [2.45, 2.75) is 19.5 Å². The highest BCUT2D eigenvalue weighted by molar-refractivity contribution is 5.81. The van der Waals surface area contributed by atoms with Gasteiger partial charge in [0.05, 0.1) is 24.2 Å². The summed E-state index contributed by atoms with van der Waals surface area (Å²) in [6.45, 7) is 2.71. The van der Waals surface area contributed by atoms with E-state index < -0.39 is 0 Å². The number of para-hydroxylation sites is 2. The third-order valence-corrected chi connectivity index (χ3v) is 4.76. The van der Waals surface area contributed by atoms with Crippen molar-refractivity contribution in [2.75, 3.05) is 27.7 Å². The lowest BCUT2D eigenvalue weighted by atomic mass is 10.1. The second kappa shape index (κ2) is 8.22. The topological polar surface area (TPSA) is 59.4 Å². The van der Waals surface area contributed by atoms with E-state index >= 15 is 0 Å². The number of ether oxygens (including phenoxy) is 1. The Morgan fingerprint density at radius 1 is 1.19 bits per heavy atom. The van der Waals surface area contributed by atoms with E-state index in [0.29, 0.717) is 6.54 Å². The van der Waals surface area contributed by atoms with E-state index in [1.165, 1.54) is 0 Å². The van der Waals surface area contributed by atoms with Crippen molar-refractivity contribution in [2.24, 2.45) is 0 Å². The molecule has 1 amide bonds. The molecular formula is C21H26N4O2. The molecule has 0 spiro atoms. The maximum Gasteiger partial charge on any atom is 0.240 e. The van der Waals surface area contributed by atoms with Crippen molar-refractivity contribution in [1.82, 2.24) is 19.8 Å². The Balaban J connectivity index is 1.68. The van der Waals surface area contributed by atoms with Gasteiger partial charge in [-0.15, -0.1) is 0 Å². The van der Waals surface area contributed by atoms with E-state index in [-0.39, 0.29) is 18.5 Å². The van der Waals surface area contributed by atoms with Gasteiger partial charge in [-0.3, -0.25) is 4.79 Å². The molecule has 1 aromatic heterocycles. The van der Waals surface area contributed by atoms with Gasteiger partial charge in [-0.2, -0.15) is 0 Å². The zero-order valence-electron chi connectivity index (χ0n) is 16.3. The molecule has 3 aromatic rings. The first-order chi connectivity index (χ1) is 13.0. The molecule has 0 saturated heterocycles. The molecule has 142 valence electrons. The van der Waals surface area contributed by atoms with Crippen LogP contribution in [0.5, 0.6) is 5.75 Å². The lowest BCUT2D eigenvalue weighted by Gasteiger charge is -2.25. The van der Waals surface area contributed by atoms with E-state index in [1.807, 2.05) is 74.1 Å². The molecule has 1 atom stereocenters. The molecule has 2 aromatic carbocycles. The van der Waals surface area contributed by atoms with Crippen LogP contribution in [0.3, 0.4) is 0 Å². The molecule has 0 aliphatic heterocycles. The highest BCUT2D eigenvalue weighted by atomic mass is 16.5. The zero-order valence-corrected chi connectivity index (χ0v) is 16.3. The molecule has 27 heavy (non-hydrogen) atoms. The van der Waals surface area contributed by atoms with Crippen molar-refractivity contribution in [3.05, 3.63) is 59.9 Å². The summed E-state index contributed by atoms with van der Waals surface area (Å²) in [5, 5.41) is 3.06. The van der Waals surface area contributed by atoms with Gasteiger partial charge in [-0.05, 0) is 50.8 Å². The number of hydrogen-bond donors (Lipinski definition) is 1. The number of aryl methyl sites for hydroxylation is 1. The monoisotopic (exact) mass is 366 g/mol. The molecule has 0 fully saturated rings. The Kier molecular flexibility index (Phi) is 5.76. The number of imidazole rings is 1. The van der Waals surface area contributed by atoms with Gasteiger partial charge < -0.3 is 19.5 Å². The van der Waals surface area contributed by atoms with Gasteiger partial charge in [0.2, 0.25) is 5.91 Å². The standard InChI is InChI=1S/C21H26N4O2/c1-15-23-18-7-5-6-8-19(18)25(15)14-21(26)22-13-20(24(2)3)16-9-11-17(27-4)12-10-16/h5-12,20H,13-14H2,1-4H3,(H,22,26). The minimum Gasteiger partial charge on any atom is -0.497 e. The highest BCUT2D eigenvalue weighted by Gasteiger charge is 2.16. The van der Waals surface area contributed by atoms with Gasteiger partial charge in [0.15, 0.2) is 0 Å². The van der Waals surface area contributed by atoms with Crippen LogP contribution in [0.4, 0.5) is 0 Å². The number of rotatable bonds is 7. The number of methoxy groups -OCH3 is 1. The van der Waals surface area contributed by atoms with Crippen LogP contribution < -0.4 is 10.1 Å². The first kappa shape index (κ1) is 18.9. The lowest BCUT2D eigenvalue weighted by molar-refractivity contribution is -0.121. The maximum atomic E-state index is 12.6. The molecule has 1 heterocycles. The Bertz CT molecular complexity index is 916. The molecule has 6 nitrogen and oxygen atoms in total. The van der Waals surface area contributed by atoms with Crippen molar-refractivity contribution >= 4 is 16.9 Å². The second-order valence-corrected chi connectivity index (χ2v) is 6.79. The van der Waals surface area contributed by atoms with Crippen LogP contribution in [-0.2, 0) is 11.3 Å². The molecule has 0 aliphatic rings. The molecule has 1 N–H and O–H groups in total. The number of carbonyl (C=O) groups excluding carboxylic acids is 1. The predicted molar refractivity (Wildman–Crippen MR) is 107 cm³/mol. The maximum absolute atomic E-state index is 12.6. The average molecular weight is 366 g/mol. The Morgan fingerprint density at radius 3 is 2.56 bits per heavy atom. The van der Waals surface area contributed by atoms with Crippen LogP contribution in [0.1, 0.15) is 17.4 Å². The number of nitrogens with zero attached hydrogens (tertiary/aromatic N) is 3. The van der Waals surface area contributed by atoms with Crippen LogP contribution >= 0.6 is 0 Å². The molecule has 6 heteroatoms. The smallest absolute Gasteiger partial charge is 0.240 e. The molecule has 3 rings (SSSR count). The summed E-state index contributed by atoms with van der Waals surface area (Å²) in [5.41, 5.74) is 3.02. The summed E-state index contributed by atoms with van der Waals surface area (Å²) in [6.07, 6.45) is 0. The number of benzene rings is 2. The van der Waals surface area contributed by atoms with Gasteiger partial charge in [-0.1, -0.05) is 24.3 Å². The quantitative estimate of drug-likeness (QED) is 0.699. The van der Waals surface area contributed by atoms with Gasteiger partial charge in [0.1, 0.15) is 18.1 Å². The summed E-state index contributed by atoms with van der Waals surface area (Å²) in [6, 6.07) is 15.9. The van der Waals surface area contributed by atoms with Crippen LogP contribution in [0, 0.1) is 6.92 Å². The van der Waals surface area contributed by atoms with Crippen molar-refractivity contribution in [3.8, 4) is 5.75 Å². The number of carbonyl (C=O) groups is 1. The Morgan fingerprint density at radius 2 is 1.89 bits per heavy atom. The fraction of sp³-hybridized carbons (Fsp3) is 0.333. The van der Waals surface area contributed by atoms with Crippen LogP contribution in [0.15, 0.2) is 48.5 Å². The van der Waals surface area contributed by atoms with E-state index in [0.717, 1.165) is 28.2 Å². The summed E-state index contributed by atoms with van der Waals surface area (Å²) in [4.78, 5) is 19.2. The first-order valence-corrected chi connectivity index (χ1v) is 8.98. The van der Waals surface area contributed by atoms with Crippen LogP contribution in [0.25, 0.3) is 11.0 Å². The fourth-order valence-corrected chi connectivity index (χ4v) is 3.23. The first-order valence-electron chi connectivity index (χ1n) is 8.98. The normalized spacial score (nSPS) is 12.3. The van der Waals surface area contributed by atoms with E-state index in [9.17, 15) is 4.79 Å². The van der Waals surface area contributed by atoms with Gasteiger partial charge in [-0.25, -0.2) is 4.98 Å². The predicted octanol–water partition coefficient (Wildman–Crippen LogP) is 2.77. The molecule has 1 unspecified atom stereocenters. The highest BCUT2D eigenvalue weighted by Crippen LogP contribution is 2.21.